The molecular formula is C17H19F3N4O2. The zero-order chi connectivity index (χ0) is 18.7. The van der Waals surface area contributed by atoms with Gasteiger partial charge >= 0.3 is 18.0 Å². The van der Waals surface area contributed by atoms with Crippen LogP contribution in [0.4, 0.5) is 13.2 Å². The van der Waals surface area contributed by atoms with Crippen molar-refractivity contribution in [2.45, 2.75) is 32.0 Å². The zero-order valence-corrected chi connectivity index (χ0v) is 14.2. The van der Waals surface area contributed by atoms with E-state index in [0.29, 0.717) is 18.2 Å². The van der Waals surface area contributed by atoms with Crippen molar-refractivity contribution < 1.29 is 22.5 Å². The summed E-state index contributed by atoms with van der Waals surface area (Å²) in [5.74, 6) is -0.625. The monoisotopic (exact) mass is 368 g/mol. The lowest BCUT2D eigenvalue weighted by atomic mass is 10.1. The molecule has 0 unspecified atom stereocenters. The van der Waals surface area contributed by atoms with Gasteiger partial charge in [-0.15, -0.1) is 0 Å². The van der Waals surface area contributed by atoms with Crippen molar-refractivity contribution in [1.29, 1.82) is 0 Å². The van der Waals surface area contributed by atoms with Crippen molar-refractivity contribution in [2.75, 3.05) is 19.6 Å². The minimum Gasteiger partial charge on any atom is -0.346 e. The van der Waals surface area contributed by atoms with Gasteiger partial charge in [0, 0.05) is 18.2 Å². The van der Waals surface area contributed by atoms with Crippen LogP contribution in [0.15, 0.2) is 28.8 Å². The van der Waals surface area contributed by atoms with Crippen LogP contribution in [0.3, 0.4) is 0 Å². The second kappa shape index (κ2) is 7.45. The average molecular weight is 368 g/mol. The number of aromatic nitrogens is 2. The molecule has 1 N–H and O–H groups in total. The number of benzene rings is 1. The van der Waals surface area contributed by atoms with Crippen LogP contribution >= 0.6 is 0 Å². The third-order valence-corrected chi connectivity index (χ3v) is 4.49. The lowest BCUT2D eigenvalue weighted by Crippen LogP contribution is -2.40. The lowest BCUT2D eigenvalue weighted by molar-refractivity contribution is -0.137. The molecule has 0 bridgehead atoms. The fourth-order valence-corrected chi connectivity index (χ4v) is 3.07. The summed E-state index contributed by atoms with van der Waals surface area (Å²) in [6.45, 7) is 4.52. The van der Waals surface area contributed by atoms with Crippen molar-refractivity contribution in [3.63, 3.8) is 0 Å². The number of nitrogens with zero attached hydrogens (tertiary/aromatic N) is 3. The number of likely N-dealkylation sites (N-methyl/N-ethyl adjacent to an activating group) is 1. The van der Waals surface area contributed by atoms with Gasteiger partial charge in [0.2, 0.25) is 5.82 Å². The summed E-state index contributed by atoms with van der Waals surface area (Å²) in [6, 6.07) is 4.65. The summed E-state index contributed by atoms with van der Waals surface area (Å²) in [6.07, 6.45) is -2.28. The van der Waals surface area contributed by atoms with E-state index < -0.39 is 17.6 Å². The Morgan fingerprint density at radius 1 is 1.35 bits per heavy atom. The van der Waals surface area contributed by atoms with Crippen LogP contribution in [0.25, 0.3) is 11.4 Å². The Morgan fingerprint density at radius 3 is 2.73 bits per heavy atom. The fourth-order valence-electron chi connectivity index (χ4n) is 3.07. The van der Waals surface area contributed by atoms with E-state index in [1.807, 2.05) is 0 Å². The Hall–Kier alpha value is -2.42. The van der Waals surface area contributed by atoms with Crippen molar-refractivity contribution in [3.05, 3.63) is 35.7 Å². The Morgan fingerprint density at radius 2 is 2.08 bits per heavy atom. The van der Waals surface area contributed by atoms with Gasteiger partial charge in [0.05, 0.1) is 5.56 Å². The molecule has 1 aliphatic heterocycles. The van der Waals surface area contributed by atoms with Crippen molar-refractivity contribution >= 4 is 5.91 Å². The summed E-state index contributed by atoms with van der Waals surface area (Å²) >= 11 is 0. The number of halogens is 3. The second-order valence-corrected chi connectivity index (χ2v) is 6.13. The van der Waals surface area contributed by atoms with Crippen LogP contribution < -0.4 is 5.32 Å². The molecule has 0 aliphatic carbocycles. The first-order valence-corrected chi connectivity index (χ1v) is 8.42. The highest BCUT2D eigenvalue weighted by molar-refractivity contribution is 5.89. The van der Waals surface area contributed by atoms with E-state index in [4.69, 9.17) is 4.52 Å². The number of carbonyl (C=O) groups is 1. The van der Waals surface area contributed by atoms with E-state index in [-0.39, 0.29) is 11.7 Å². The maximum absolute atomic E-state index is 12.6. The Labute approximate surface area is 148 Å². The number of likely N-dealkylation sites (tertiary alicyclic amines) is 1. The maximum Gasteiger partial charge on any atom is 0.416 e. The van der Waals surface area contributed by atoms with Crippen LogP contribution in [0, 0.1) is 0 Å². The summed E-state index contributed by atoms with van der Waals surface area (Å²) in [5, 5.41) is 6.45. The third-order valence-electron chi connectivity index (χ3n) is 4.49. The fraction of sp³-hybridized carbons (Fsp3) is 0.471. The molecule has 1 amide bonds. The first-order chi connectivity index (χ1) is 12.4. The Bertz CT molecular complexity index is 758. The molecule has 0 spiro atoms. The maximum atomic E-state index is 12.6. The molecule has 1 fully saturated rings. The normalized spacial score (nSPS) is 18.2. The molecule has 1 atom stereocenters. The molecule has 1 saturated heterocycles. The number of carbonyl (C=O) groups excluding carboxylic acids is 1. The molecule has 0 saturated carbocycles. The van der Waals surface area contributed by atoms with Crippen LogP contribution in [0.1, 0.15) is 36.0 Å². The number of alkyl halides is 3. The van der Waals surface area contributed by atoms with E-state index in [1.165, 1.54) is 12.1 Å². The molecule has 2 aromatic rings. The molecule has 1 aromatic heterocycles. The van der Waals surface area contributed by atoms with Crippen molar-refractivity contribution in [1.82, 2.24) is 20.4 Å². The lowest BCUT2D eigenvalue weighted by Gasteiger charge is -2.22. The smallest absolute Gasteiger partial charge is 0.346 e. The molecular weight excluding hydrogens is 349 g/mol. The van der Waals surface area contributed by atoms with Gasteiger partial charge < -0.3 is 9.84 Å². The standard InChI is InChI=1S/C17H19F3N4O2/c1-2-24-9-3-4-13(24)10-21-15(25)16-22-14(23-26-16)11-5-7-12(8-6-11)17(18,19)20/h5-8,13H,2-4,9-10H2,1H3,(H,21,25)/t13-/m0/s1. The minimum absolute atomic E-state index is 0.0694. The number of hydrogen-bond acceptors (Lipinski definition) is 5. The molecule has 26 heavy (non-hydrogen) atoms. The summed E-state index contributed by atoms with van der Waals surface area (Å²) in [4.78, 5) is 18.4. The minimum atomic E-state index is -4.41. The van der Waals surface area contributed by atoms with E-state index >= 15 is 0 Å². The molecule has 6 nitrogen and oxygen atoms in total. The average Bonchev–Trinajstić information content (AvgIpc) is 3.28. The van der Waals surface area contributed by atoms with Gasteiger partial charge in [0.15, 0.2) is 0 Å². The summed E-state index contributed by atoms with van der Waals surface area (Å²) < 4.78 is 42.7. The first kappa shape index (κ1) is 18.4. The van der Waals surface area contributed by atoms with E-state index in [2.05, 4.69) is 27.3 Å². The molecule has 140 valence electrons. The molecule has 1 aromatic carbocycles. The highest BCUT2D eigenvalue weighted by atomic mass is 19.4. The van der Waals surface area contributed by atoms with Crippen molar-refractivity contribution in [3.8, 4) is 11.4 Å². The van der Waals surface area contributed by atoms with Crippen LogP contribution in [-0.2, 0) is 6.18 Å². The predicted octanol–water partition coefficient (Wildman–Crippen LogP) is 2.97. The van der Waals surface area contributed by atoms with E-state index in [0.717, 1.165) is 38.1 Å². The number of rotatable bonds is 5. The first-order valence-electron chi connectivity index (χ1n) is 8.42. The van der Waals surface area contributed by atoms with Gasteiger partial charge in [-0.3, -0.25) is 9.69 Å². The second-order valence-electron chi connectivity index (χ2n) is 6.13. The highest BCUT2D eigenvalue weighted by Crippen LogP contribution is 2.30. The molecule has 9 heteroatoms. The third kappa shape index (κ3) is 4.04. The zero-order valence-electron chi connectivity index (χ0n) is 14.2. The number of nitrogens with one attached hydrogen (secondary N) is 1. The quantitative estimate of drug-likeness (QED) is 0.879. The molecule has 3 rings (SSSR count). The van der Waals surface area contributed by atoms with Gasteiger partial charge in [0.25, 0.3) is 0 Å². The van der Waals surface area contributed by atoms with E-state index in [9.17, 15) is 18.0 Å². The Kier molecular flexibility index (Phi) is 5.26. The highest BCUT2D eigenvalue weighted by Gasteiger charge is 2.30. The number of hydrogen-bond donors (Lipinski definition) is 1. The predicted molar refractivity (Wildman–Crippen MR) is 87.3 cm³/mol. The molecule has 0 radical (unpaired) electrons. The number of amides is 1. The largest absolute Gasteiger partial charge is 0.416 e. The van der Waals surface area contributed by atoms with E-state index in [1.54, 1.807) is 0 Å². The van der Waals surface area contributed by atoms with Gasteiger partial charge in [0.1, 0.15) is 0 Å². The molecule has 1 aliphatic rings. The van der Waals surface area contributed by atoms with Crippen LogP contribution in [-0.4, -0.2) is 46.6 Å². The molecule has 2 heterocycles. The Balaban J connectivity index is 1.63. The van der Waals surface area contributed by atoms with Gasteiger partial charge in [-0.25, -0.2) is 0 Å². The summed E-state index contributed by atoms with van der Waals surface area (Å²) in [7, 11) is 0. The summed E-state index contributed by atoms with van der Waals surface area (Å²) in [5.41, 5.74) is -0.423. The van der Waals surface area contributed by atoms with Gasteiger partial charge in [-0.1, -0.05) is 24.2 Å². The van der Waals surface area contributed by atoms with Gasteiger partial charge in [-0.2, -0.15) is 18.2 Å². The topological polar surface area (TPSA) is 71.3 Å². The van der Waals surface area contributed by atoms with Crippen LogP contribution in [0.5, 0.6) is 0 Å². The SMILES string of the molecule is CCN1CCC[C@H]1CNC(=O)c1nc(-c2ccc(C(F)(F)F)cc2)no1. The van der Waals surface area contributed by atoms with Crippen LogP contribution in [0.2, 0.25) is 0 Å². The van der Waals surface area contributed by atoms with Crippen molar-refractivity contribution in [2.24, 2.45) is 0 Å². The van der Waals surface area contributed by atoms with Gasteiger partial charge in [-0.05, 0) is 38.1 Å².